The number of phenolic OH excluding ortho intramolecular Hbond substituents is 1. The number of fused-ring (bicyclic) bond motifs is 1. The summed E-state index contributed by atoms with van der Waals surface area (Å²) in [7, 11) is 1.60. The van der Waals surface area contributed by atoms with Crippen molar-refractivity contribution in [3.63, 3.8) is 0 Å². The van der Waals surface area contributed by atoms with Gasteiger partial charge in [0.1, 0.15) is 17.0 Å². The Morgan fingerprint density at radius 3 is 2.47 bits per heavy atom. The van der Waals surface area contributed by atoms with E-state index < -0.39 is 12.0 Å². The molecule has 1 aromatic heterocycles. The largest absolute Gasteiger partial charge is 0.505 e. The van der Waals surface area contributed by atoms with Crippen LogP contribution in [0.3, 0.4) is 0 Å². The van der Waals surface area contributed by atoms with Crippen LogP contribution in [0.4, 0.5) is 0 Å². The molecule has 1 amide bonds. The number of hydrogen-bond acceptors (Lipinski definition) is 5. The van der Waals surface area contributed by atoms with Crippen LogP contribution in [0.5, 0.6) is 11.5 Å². The Morgan fingerprint density at radius 2 is 1.76 bits per heavy atom. The molecule has 3 aromatic carbocycles. The first-order valence-electron chi connectivity index (χ1n) is 11.2. The summed E-state index contributed by atoms with van der Waals surface area (Å²) in [6, 6.07) is 24.2. The van der Waals surface area contributed by atoms with Crippen LogP contribution in [0.15, 0.2) is 85.1 Å². The molecule has 0 spiro atoms. The van der Waals surface area contributed by atoms with Gasteiger partial charge in [-0.15, -0.1) is 0 Å². The van der Waals surface area contributed by atoms with E-state index in [1.807, 2.05) is 78.9 Å². The number of phenols is 1. The maximum absolute atomic E-state index is 13.1. The zero-order chi connectivity index (χ0) is 23.9. The number of rotatable bonds is 9. The van der Waals surface area contributed by atoms with Gasteiger partial charge in [0.25, 0.3) is 0 Å². The molecule has 3 N–H and O–H groups in total. The van der Waals surface area contributed by atoms with Crippen molar-refractivity contribution in [3.8, 4) is 11.5 Å². The van der Waals surface area contributed by atoms with Gasteiger partial charge in [-0.3, -0.25) is 9.78 Å². The number of pyridine rings is 1. The number of carbonyl (C=O) groups excluding carboxylic acids is 1. The second-order valence-electron chi connectivity index (χ2n) is 8.25. The van der Waals surface area contributed by atoms with E-state index in [-0.39, 0.29) is 24.7 Å². The molecular formula is C28H28N2O4. The molecule has 1 unspecified atom stereocenters. The molecule has 0 saturated carbocycles. The number of amides is 1. The van der Waals surface area contributed by atoms with Gasteiger partial charge in [0.05, 0.1) is 19.8 Å². The third-order valence-corrected chi connectivity index (χ3v) is 5.97. The van der Waals surface area contributed by atoms with Crippen LogP contribution >= 0.6 is 0 Å². The number of aromatic nitrogens is 1. The predicted octanol–water partition coefficient (Wildman–Crippen LogP) is 4.19. The molecule has 0 aliphatic rings. The Morgan fingerprint density at radius 1 is 1.00 bits per heavy atom. The lowest BCUT2D eigenvalue weighted by Gasteiger charge is -2.22. The highest BCUT2D eigenvalue weighted by Crippen LogP contribution is 2.38. The first-order valence-corrected chi connectivity index (χ1v) is 11.2. The highest BCUT2D eigenvalue weighted by molar-refractivity contribution is 5.86. The van der Waals surface area contributed by atoms with Crippen LogP contribution in [0, 0.1) is 0 Å². The topological polar surface area (TPSA) is 91.7 Å². The van der Waals surface area contributed by atoms with Gasteiger partial charge in [0.2, 0.25) is 5.91 Å². The van der Waals surface area contributed by atoms with E-state index in [4.69, 9.17) is 4.74 Å². The Hall–Kier alpha value is -3.90. The molecule has 0 bridgehead atoms. The molecule has 0 aliphatic carbocycles. The number of ether oxygens (including phenoxy) is 1. The van der Waals surface area contributed by atoms with E-state index in [2.05, 4.69) is 10.3 Å². The van der Waals surface area contributed by atoms with Gasteiger partial charge in [0.15, 0.2) is 0 Å². The zero-order valence-corrected chi connectivity index (χ0v) is 19.0. The fraction of sp³-hybridized carbons (Fsp3) is 0.214. The molecule has 1 heterocycles. The number of benzene rings is 3. The van der Waals surface area contributed by atoms with Crippen molar-refractivity contribution in [2.24, 2.45) is 0 Å². The molecule has 0 fully saturated rings. The van der Waals surface area contributed by atoms with Crippen LogP contribution in [-0.2, 0) is 11.2 Å². The van der Waals surface area contributed by atoms with Crippen LogP contribution in [-0.4, -0.2) is 40.9 Å². The Bertz CT molecular complexity index is 1240. The molecule has 6 nitrogen and oxygen atoms in total. The standard InChI is InChI=1S/C28H28N2O4/c1-34-23-12-9-20(10-13-23)25(24-14-11-21-8-5-15-29-27(21)28(24)33)17-26(32)30-22(18-31)16-19-6-3-2-4-7-19/h2-15,22,25,31,33H,16-18H2,1H3,(H,30,32)/t22-,25?/m1/s1. The van der Waals surface area contributed by atoms with Gasteiger partial charge in [-0.25, -0.2) is 0 Å². The fourth-order valence-electron chi connectivity index (χ4n) is 4.20. The van der Waals surface area contributed by atoms with Gasteiger partial charge in [-0.05, 0) is 35.7 Å². The van der Waals surface area contributed by atoms with Crippen LogP contribution in [0.2, 0.25) is 0 Å². The molecule has 0 saturated heterocycles. The van der Waals surface area contributed by atoms with Crippen LogP contribution in [0.25, 0.3) is 10.9 Å². The van der Waals surface area contributed by atoms with Crippen molar-refractivity contribution in [2.75, 3.05) is 13.7 Å². The maximum atomic E-state index is 13.1. The summed E-state index contributed by atoms with van der Waals surface area (Å²) in [4.78, 5) is 17.4. The third kappa shape index (κ3) is 5.35. The maximum Gasteiger partial charge on any atom is 0.221 e. The SMILES string of the molecule is COc1ccc(C(CC(=O)N[C@@H](CO)Cc2ccccc2)c2ccc3cccnc3c2O)cc1. The van der Waals surface area contributed by atoms with Gasteiger partial charge in [-0.2, -0.15) is 0 Å². The van der Waals surface area contributed by atoms with E-state index >= 15 is 0 Å². The number of carbonyl (C=O) groups is 1. The third-order valence-electron chi connectivity index (χ3n) is 5.97. The van der Waals surface area contributed by atoms with Crippen molar-refractivity contribution >= 4 is 16.8 Å². The van der Waals surface area contributed by atoms with Gasteiger partial charge < -0.3 is 20.3 Å². The molecule has 174 valence electrons. The minimum Gasteiger partial charge on any atom is -0.505 e. The summed E-state index contributed by atoms with van der Waals surface area (Å²) >= 11 is 0. The molecule has 0 aliphatic heterocycles. The minimum absolute atomic E-state index is 0.0645. The van der Waals surface area contributed by atoms with Crippen molar-refractivity contribution < 1.29 is 19.7 Å². The van der Waals surface area contributed by atoms with Crippen molar-refractivity contribution in [3.05, 3.63) is 102 Å². The van der Waals surface area contributed by atoms with E-state index in [1.54, 1.807) is 13.3 Å². The van der Waals surface area contributed by atoms with Crippen LogP contribution < -0.4 is 10.1 Å². The summed E-state index contributed by atoms with van der Waals surface area (Å²) in [5.41, 5.74) is 3.02. The normalized spacial score (nSPS) is 12.8. The van der Waals surface area contributed by atoms with E-state index in [0.29, 0.717) is 23.3 Å². The van der Waals surface area contributed by atoms with Crippen LogP contribution in [0.1, 0.15) is 29.0 Å². The van der Waals surface area contributed by atoms with Gasteiger partial charge in [0, 0.05) is 29.5 Å². The van der Waals surface area contributed by atoms with E-state index in [9.17, 15) is 15.0 Å². The predicted molar refractivity (Wildman–Crippen MR) is 132 cm³/mol. The van der Waals surface area contributed by atoms with Gasteiger partial charge in [-0.1, -0.05) is 60.7 Å². The molecular weight excluding hydrogens is 428 g/mol. The Balaban J connectivity index is 1.62. The molecule has 6 heteroatoms. The zero-order valence-electron chi connectivity index (χ0n) is 19.0. The van der Waals surface area contributed by atoms with Crippen molar-refractivity contribution in [2.45, 2.75) is 24.8 Å². The smallest absolute Gasteiger partial charge is 0.221 e. The first kappa shape index (κ1) is 23.3. The number of nitrogens with zero attached hydrogens (tertiary/aromatic N) is 1. The second kappa shape index (κ2) is 10.8. The Kier molecular flexibility index (Phi) is 7.40. The summed E-state index contributed by atoms with van der Waals surface area (Å²) < 4.78 is 5.27. The number of methoxy groups -OCH3 is 1. The van der Waals surface area contributed by atoms with Crippen molar-refractivity contribution in [1.29, 1.82) is 0 Å². The average Bonchev–Trinajstić information content (AvgIpc) is 2.88. The molecule has 34 heavy (non-hydrogen) atoms. The second-order valence-corrected chi connectivity index (χ2v) is 8.25. The number of hydrogen-bond donors (Lipinski definition) is 3. The molecule has 4 aromatic rings. The lowest BCUT2D eigenvalue weighted by Crippen LogP contribution is -2.39. The molecule has 2 atom stereocenters. The number of nitrogens with one attached hydrogen (secondary N) is 1. The summed E-state index contributed by atoms with van der Waals surface area (Å²) in [6.45, 7) is -0.168. The lowest BCUT2D eigenvalue weighted by atomic mass is 9.86. The Labute approximate surface area is 198 Å². The summed E-state index contributed by atoms with van der Waals surface area (Å²) in [5.74, 6) is 0.152. The number of aromatic hydroxyl groups is 1. The van der Waals surface area contributed by atoms with Crippen molar-refractivity contribution in [1.82, 2.24) is 10.3 Å². The average molecular weight is 457 g/mol. The van der Waals surface area contributed by atoms with E-state index in [1.165, 1.54) is 0 Å². The molecule has 4 rings (SSSR count). The van der Waals surface area contributed by atoms with E-state index in [0.717, 1.165) is 16.5 Å². The number of aliphatic hydroxyl groups excluding tert-OH is 1. The first-order chi connectivity index (χ1) is 16.6. The quantitative estimate of drug-likeness (QED) is 0.351. The van der Waals surface area contributed by atoms with Gasteiger partial charge >= 0.3 is 0 Å². The summed E-state index contributed by atoms with van der Waals surface area (Å²) in [5, 5.41) is 24.7. The highest BCUT2D eigenvalue weighted by Gasteiger charge is 2.24. The fourth-order valence-corrected chi connectivity index (χ4v) is 4.20. The molecule has 0 radical (unpaired) electrons. The monoisotopic (exact) mass is 456 g/mol. The lowest BCUT2D eigenvalue weighted by molar-refractivity contribution is -0.122. The summed E-state index contributed by atoms with van der Waals surface area (Å²) in [6.07, 6.45) is 2.27. The number of aliphatic hydroxyl groups is 1. The highest BCUT2D eigenvalue weighted by atomic mass is 16.5. The minimum atomic E-state index is -0.409.